The van der Waals surface area contributed by atoms with Crippen LogP contribution in [-0.2, 0) is 14.8 Å². The number of ether oxygens (including phenoxy) is 1. The number of aromatic nitrogens is 2. The summed E-state index contributed by atoms with van der Waals surface area (Å²) < 4.78 is 33.7. The molecular weight excluding hydrogens is 544 g/mol. The van der Waals surface area contributed by atoms with Gasteiger partial charge in [0.1, 0.15) is 17.2 Å². The molecular formula is C29H40N6O5S. The Kier molecular flexibility index (Phi) is 8.25. The van der Waals surface area contributed by atoms with E-state index in [0.717, 1.165) is 6.42 Å². The minimum absolute atomic E-state index is 0. The molecule has 0 spiro atoms. The van der Waals surface area contributed by atoms with E-state index >= 15 is 0 Å². The number of nitrogens with zero attached hydrogens (tertiary/aromatic N) is 3. The molecule has 3 N–H and O–H groups in total. The minimum Gasteiger partial charge on any atom is -0.444 e. The molecule has 0 saturated carbocycles. The number of hydrogen-bond donors (Lipinski definition) is 3. The minimum atomic E-state index is -4.30. The first-order chi connectivity index (χ1) is 19.1. The Morgan fingerprint density at radius 1 is 1.05 bits per heavy atom. The van der Waals surface area contributed by atoms with Crippen LogP contribution >= 0.6 is 0 Å². The van der Waals surface area contributed by atoms with E-state index in [1.165, 1.54) is 12.1 Å². The van der Waals surface area contributed by atoms with E-state index in [0.29, 0.717) is 29.7 Å². The molecule has 12 heteroatoms. The highest BCUT2D eigenvalue weighted by atomic mass is 32.2. The summed E-state index contributed by atoms with van der Waals surface area (Å²) in [5.41, 5.74) is 0.457. The molecule has 41 heavy (non-hydrogen) atoms. The molecule has 1 aliphatic heterocycles. The first-order valence-corrected chi connectivity index (χ1v) is 14.8. The van der Waals surface area contributed by atoms with Crippen molar-refractivity contribution >= 4 is 45.0 Å². The topological polar surface area (TPSA) is 143 Å². The Balaban J connectivity index is 0.00000323. The van der Waals surface area contributed by atoms with Crippen molar-refractivity contribution in [1.29, 1.82) is 0 Å². The molecule has 1 atom stereocenters. The van der Waals surface area contributed by atoms with Crippen molar-refractivity contribution in [3.63, 3.8) is 0 Å². The SMILES string of the molecule is CC1CN(c2ncccc2C(=O)NS(=O)(=O)c2cccc(Nc3ccc(NC(=O)OC(C)(C)C)cc3)n2)C(C)(C)C1.[HH].[HH]. The van der Waals surface area contributed by atoms with Crippen LogP contribution in [0.5, 0.6) is 0 Å². The van der Waals surface area contributed by atoms with Gasteiger partial charge in [0.05, 0.1) is 5.56 Å². The van der Waals surface area contributed by atoms with Crippen LogP contribution in [0.4, 0.5) is 27.8 Å². The summed E-state index contributed by atoms with van der Waals surface area (Å²) in [6, 6.07) is 14.3. The van der Waals surface area contributed by atoms with Crippen LogP contribution in [0.3, 0.4) is 0 Å². The fourth-order valence-electron chi connectivity index (χ4n) is 4.82. The highest BCUT2D eigenvalue weighted by Crippen LogP contribution is 2.37. The number of pyridine rings is 2. The zero-order valence-corrected chi connectivity index (χ0v) is 24.9. The quantitative estimate of drug-likeness (QED) is 0.314. The molecule has 1 aliphatic rings. The number of anilines is 4. The molecule has 3 aromatic rings. The molecule has 0 radical (unpaired) electrons. The summed E-state index contributed by atoms with van der Waals surface area (Å²) in [5.74, 6) is 0.325. The number of sulfonamides is 1. The molecule has 0 bridgehead atoms. The third-order valence-corrected chi connectivity index (χ3v) is 7.62. The van der Waals surface area contributed by atoms with Crippen molar-refractivity contribution in [1.82, 2.24) is 14.7 Å². The number of rotatable bonds is 7. The van der Waals surface area contributed by atoms with Gasteiger partial charge in [0, 0.05) is 32.5 Å². The zero-order chi connectivity index (χ0) is 30.0. The average Bonchev–Trinajstić information content (AvgIpc) is 3.15. The van der Waals surface area contributed by atoms with Crippen molar-refractivity contribution in [2.45, 2.75) is 64.1 Å². The van der Waals surface area contributed by atoms with E-state index in [-0.39, 0.29) is 24.8 Å². The predicted octanol–water partition coefficient (Wildman–Crippen LogP) is 5.80. The highest BCUT2D eigenvalue weighted by Gasteiger charge is 2.39. The second kappa shape index (κ2) is 11.4. The van der Waals surface area contributed by atoms with Crippen molar-refractivity contribution in [3.05, 3.63) is 66.4 Å². The van der Waals surface area contributed by atoms with Crippen molar-refractivity contribution < 1.29 is 25.6 Å². The maximum Gasteiger partial charge on any atom is 0.412 e. The van der Waals surface area contributed by atoms with Gasteiger partial charge in [0.15, 0.2) is 5.03 Å². The van der Waals surface area contributed by atoms with E-state index in [1.54, 1.807) is 69.4 Å². The second-order valence-corrected chi connectivity index (χ2v) is 13.4. The van der Waals surface area contributed by atoms with Crippen molar-refractivity contribution in [3.8, 4) is 0 Å². The molecule has 3 heterocycles. The van der Waals surface area contributed by atoms with Crippen LogP contribution < -0.4 is 20.3 Å². The van der Waals surface area contributed by atoms with Crippen LogP contribution in [-0.4, -0.2) is 48.1 Å². The van der Waals surface area contributed by atoms with E-state index in [9.17, 15) is 18.0 Å². The van der Waals surface area contributed by atoms with Gasteiger partial charge in [-0.15, -0.1) is 0 Å². The summed E-state index contributed by atoms with van der Waals surface area (Å²) in [6.45, 7) is 12.3. The third kappa shape index (κ3) is 7.51. The summed E-state index contributed by atoms with van der Waals surface area (Å²) in [6.07, 6.45) is 1.95. The standard InChI is InChI=1S/C29H36N6O5S.2H2/c1-19-17-29(5,6)35(18-19)25-22(9-8-16-30-25)26(36)34-41(38,39)24-11-7-10-23(33-24)31-20-12-14-21(15-13-20)32-27(37)40-28(2,3)4;;/h7-16,19H,17-18H2,1-6H3,(H,31,33)(H,32,37)(H,34,36);2*1H. The van der Waals surface area contributed by atoms with Gasteiger partial charge in [0.2, 0.25) is 0 Å². The normalized spacial score (nSPS) is 16.6. The number of carbonyl (C=O) groups excluding carboxylic acids is 2. The Hall–Kier alpha value is -4.19. The lowest BCUT2D eigenvalue weighted by Crippen LogP contribution is -2.41. The first-order valence-electron chi connectivity index (χ1n) is 13.3. The van der Waals surface area contributed by atoms with Gasteiger partial charge < -0.3 is 15.0 Å². The molecule has 222 valence electrons. The number of carbonyl (C=O) groups is 2. The molecule has 1 aromatic carbocycles. The van der Waals surface area contributed by atoms with Crippen LogP contribution in [0.2, 0.25) is 0 Å². The molecule has 1 unspecified atom stereocenters. The molecule has 4 rings (SSSR count). The molecule has 0 aliphatic carbocycles. The Morgan fingerprint density at radius 2 is 1.73 bits per heavy atom. The van der Waals surface area contributed by atoms with Crippen LogP contribution in [0, 0.1) is 5.92 Å². The van der Waals surface area contributed by atoms with E-state index in [1.807, 2.05) is 0 Å². The summed E-state index contributed by atoms with van der Waals surface area (Å²) in [4.78, 5) is 35.9. The summed E-state index contributed by atoms with van der Waals surface area (Å²) >= 11 is 0. The first kappa shape index (κ1) is 29.8. The van der Waals surface area contributed by atoms with Gasteiger partial charge in [-0.1, -0.05) is 13.0 Å². The highest BCUT2D eigenvalue weighted by molar-refractivity contribution is 7.90. The van der Waals surface area contributed by atoms with Crippen molar-refractivity contribution in [2.75, 3.05) is 22.1 Å². The maximum atomic E-state index is 13.2. The monoisotopic (exact) mass is 584 g/mol. The van der Waals surface area contributed by atoms with Gasteiger partial charge in [-0.05, 0) is 95.5 Å². The molecule has 1 fully saturated rings. The fraction of sp³-hybridized carbons (Fsp3) is 0.379. The largest absolute Gasteiger partial charge is 0.444 e. The van der Waals surface area contributed by atoms with E-state index in [2.05, 4.69) is 51.0 Å². The number of nitrogens with one attached hydrogen (secondary N) is 3. The van der Waals surface area contributed by atoms with Gasteiger partial charge in [0.25, 0.3) is 15.9 Å². The molecule has 1 saturated heterocycles. The fourth-order valence-corrected chi connectivity index (χ4v) is 5.75. The van der Waals surface area contributed by atoms with Crippen molar-refractivity contribution in [2.24, 2.45) is 5.92 Å². The average molecular weight is 585 g/mol. The molecule has 2 aromatic heterocycles. The lowest BCUT2D eigenvalue weighted by Gasteiger charge is -2.33. The summed E-state index contributed by atoms with van der Waals surface area (Å²) in [7, 11) is -4.30. The van der Waals surface area contributed by atoms with Crippen LogP contribution in [0.1, 0.15) is 61.2 Å². The number of benzene rings is 1. The van der Waals surface area contributed by atoms with Gasteiger partial charge >= 0.3 is 6.09 Å². The smallest absolute Gasteiger partial charge is 0.412 e. The molecule has 11 nitrogen and oxygen atoms in total. The second-order valence-electron chi connectivity index (χ2n) is 11.7. The zero-order valence-electron chi connectivity index (χ0n) is 24.1. The lowest BCUT2D eigenvalue weighted by atomic mass is 9.97. The Labute approximate surface area is 243 Å². The predicted molar refractivity (Wildman–Crippen MR) is 162 cm³/mol. The summed E-state index contributed by atoms with van der Waals surface area (Å²) in [5, 5.41) is 5.36. The Morgan fingerprint density at radius 3 is 2.37 bits per heavy atom. The number of hydrogen-bond acceptors (Lipinski definition) is 9. The number of amides is 2. The van der Waals surface area contributed by atoms with Gasteiger partial charge in [-0.3, -0.25) is 10.1 Å². The lowest BCUT2D eigenvalue weighted by molar-refractivity contribution is 0.0635. The van der Waals surface area contributed by atoms with E-state index < -0.39 is 27.6 Å². The van der Waals surface area contributed by atoms with Crippen LogP contribution in [0.25, 0.3) is 0 Å². The van der Waals surface area contributed by atoms with E-state index in [4.69, 9.17) is 4.74 Å². The Bertz CT molecular complexity index is 1550. The third-order valence-electron chi connectivity index (χ3n) is 6.39. The molecule has 2 amide bonds. The van der Waals surface area contributed by atoms with Gasteiger partial charge in [-0.25, -0.2) is 19.5 Å². The van der Waals surface area contributed by atoms with Crippen LogP contribution in [0.15, 0.2) is 65.8 Å². The van der Waals surface area contributed by atoms with Gasteiger partial charge in [-0.2, -0.15) is 8.42 Å². The maximum absolute atomic E-state index is 13.2.